The molecule has 3 rings (SSSR count). The lowest BCUT2D eigenvalue weighted by Crippen LogP contribution is -2.44. The van der Waals surface area contributed by atoms with Crippen LogP contribution in [0.1, 0.15) is 31.7 Å². The Kier molecular flexibility index (Phi) is 8.68. The van der Waals surface area contributed by atoms with Gasteiger partial charge in [-0.2, -0.15) is 0 Å². The number of methoxy groups -OCH3 is 2. The fraction of sp³-hybridized carbons (Fsp3) is 0.400. The van der Waals surface area contributed by atoms with Gasteiger partial charge < -0.3 is 24.4 Å². The standard InChI is InChI=1S/C25H31ClN2O4/c1-4-15-32-25-22(26)16-18(17-23(25)31-3)5-10-24(29)27-19-11-13-28(14-12-19)20-6-8-21(30-2)9-7-20/h5-10,16-17,19H,4,11-15H2,1-3H3,(H,27,29)/b10-5+. The number of anilines is 1. The molecule has 0 aromatic heterocycles. The monoisotopic (exact) mass is 458 g/mol. The van der Waals surface area contributed by atoms with Crippen molar-refractivity contribution in [2.45, 2.75) is 32.2 Å². The third-order valence-corrected chi connectivity index (χ3v) is 5.69. The molecule has 1 heterocycles. The van der Waals surface area contributed by atoms with Gasteiger partial charge in [0.25, 0.3) is 0 Å². The minimum Gasteiger partial charge on any atom is -0.497 e. The summed E-state index contributed by atoms with van der Waals surface area (Å²) in [6, 6.07) is 11.8. The first-order valence-corrected chi connectivity index (χ1v) is 11.3. The van der Waals surface area contributed by atoms with Crippen LogP contribution in [0.25, 0.3) is 6.08 Å². The minimum atomic E-state index is -0.116. The van der Waals surface area contributed by atoms with Gasteiger partial charge in [0.05, 0.1) is 25.8 Å². The number of hydrogen-bond donors (Lipinski definition) is 1. The van der Waals surface area contributed by atoms with E-state index in [-0.39, 0.29) is 11.9 Å². The summed E-state index contributed by atoms with van der Waals surface area (Å²) in [7, 11) is 3.24. The van der Waals surface area contributed by atoms with Crippen molar-refractivity contribution in [3.63, 3.8) is 0 Å². The number of hydrogen-bond acceptors (Lipinski definition) is 5. The van der Waals surface area contributed by atoms with Crippen LogP contribution in [-0.2, 0) is 4.79 Å². The Morgan fingerprint density at radius 3 is 2.50 bits per heavy atom. The molecule has 172 valence electrons. The Morgan fingerprint density at radius 1 is 1.16 bits per heavy atom. The summed E-state index contributed by atoms with van der Waals surface area (Å²) in [5, 5.41) is 3.56. The Morgan fingerprint density at radius 2 is 1.88 bits per heavy atom. The van der Waals surface area contributed by atoms with E-state index >= 15 is 0 Å². The van der Waals surface area contributed by atoms with Crippen LogP contribution in [0.15, 0.2) is 42.5 Å². The van der Waals surface area contributed by atoms with Crippen LogP contribution in [0.5, 0.6) is 17.2 Å². The number of rotatable bonds is 9. The molecule has 1 saturated heterocycles. The van der Waals surface area contributed by atoms with Gasteiger partial charge in [-0.25, -0.2) is 0 Å². The largest absolute Gasteiger partial charge is 0.497 e. The molecule has 0 bridgehead atoms. The first-order chi connectivity index (χ1) is 15.5. The quantitative estimate of drug-likeness (QED) is 0.539. The third-order valence-electron chi connectivity index (χ3n) is 5.41. The van der Waals surface area contributed by atoms with Crippen LogP contribution >= 0.6 is 11.6 Å². The van der Waals surface area contributed by atoms with Crippen molar-refractivity contribution in [3.05, 3.63) is 53.1 Å². The molecule has 1 amide bonds. The SMILES string of the molecule is CCCOc1c(Cl)cc(/C=C/C(=O)NC2CCN(c3ccc(OC)cc3)CC2)cc1OC. The maximum Gasteiger partial charge on any atom is 0.244 e. The van der Waals surface area contributed by atoms with Crippen molar-refractivity contribution in [2.24, 2.45) is 0 Å². The molecule has 0 aliphatic carbocycles. The lowest BCUT2D eigenvalue weighted by molar-refractivity contribution is -0.117. The van der Waals surface area contributed by atoms with Crippen molar-refractivity contribution in [2.75, 3.05) is 38.8 Å². The van der Waals surface area contributed by atoms with E-state index in [0.717, 1.165) is 43.7 Å². The fourth-order valence-corrected chi connectivity index (χ4v) is 3.95. The summed E-state index contributed by atoms with van der Waals surface area (Å²) in [5.41, 5.74) is 1.95. The van der Waals surface area contributed by atoms with E-state index in [9.17, 15) is 4.79 Å². The van der Waals surface area contributed by atoms with Gasteiger partial charge in [-0.15, -0.1) is 0 Å². The highest BCUT2D eigenvalue weighted by Crippen LogP contribution is 2.36. The molecular weight excluding hydrogens is 428 g/mol. The second kappa shape index (κ2) is 11.7. The third kappa shape index (κ3) is 6.33. The number of ether oxygens (including phenoxy) is 3. The first-order valence-electron chi connectivity index (χ1n) is 10.9. The van der Waals surface area contributed by atoms with Gasteiger partial charge in [-0.3, -0.25) is 4.79 Å². The van der Waals surface area contributed by atoms with Gasteiger partial charge in [0.15, 0.2) is 11.5 Å². The fourth-order valence-electron chi connectivity index (χ4n) is 3.68. The van der Waals surface area contributed by atoms with Crippen molar-refractivity contribution < 1.29 is 19.0 Å². The molecule has 0 saturated carbocycles. The van der Waals surface area contributed by atoms with Crippen LogP contribution in [-0.4, -0.2) is 45.9 Å². The number of piperidine rings is 1. The van der Waals surface area contributed by atoms with Gasteiger partial charge >= 0.3 is 0 Å². The van der Waals surface area contributed by atoms with Gasteiger partial charge in [0, 0.05) is 30.9 Å². The van der Waals surface area contributed by atoms with Crippen LogP contribution < -0.4 is 24.4 Å². The zero-order valence-corrected chi connectivity index (χ0v) is 19.7. The Labute approximate surface area is 195 Å². The summed E-state index contributed by atoms with van der Waals surface area (Å²) in [4.78, 5) is 14.8. The number of carbonyl (C=O) groups excluding carboxylic acids is 1. The summed E-state index contributed by atoms with van der Waals surface area (Å²) in [6.45, 7) is 4.38. The van der Waals surface area contributed by atoms with E-state index in [1.54, 1.807) is 26.4 Å². The number of benzene rings is 2. The predicted molar refractivity (Wildman–Crippen MR) is 129 cm³/mol. The van der Waals surface area contributed by atoms with Crippen LogP contribution in [0.3, 0.4) is 0 Å². The lowest BCUT2D eigenvalue weighted by atomic mass is 10.0. The minimum absolute atomic E-state index is 0.116. The highest BCUT2D eigenvalue weighted by molar-refractivity contribution is 6.32. The van der Waals surface area contributed by atoms with Crippen LogP contribution in [0.2, 0.25) is 5.02 Å². The summed E-state index contributed by atoms with van der Waals surface area (Å²) < 4.78 is 16.3. The Balaban J connectivity index is 1.53. The van der Waals surface area contributed by atoms with Gasteiger partial charge in [-0.1, -0.05) is 18.5 Å². The highest BCUT2D eigenvalue weighted by atomic mass is 35.5. The summed E-state index contributed by atoms with van der Waals surface area (Å²) >= 11 is 6.35. The van der Waals surface area contributed by atoms with Gasteiger partial charge in [-0.05, 0) is 67.3 Å². The van der Waals surface area contributed by atoms with Gasteiger partial charge in [0.1, 0.15) is 5.75 Å². The number of halogens is 1. The number of nitrogens with zero attached hydrogens (tertiary/aromatic N) is 1. The van der Waals surface area contributed by atoms with E-state index in [0.29, 0.717) is 23.1 Å². The van der Waals surface area contributed by atoms with E-state index in [1.165, 1.54) is 11.8 Å². The molecule has 0 spiro atoms. The molecule has 2 aromatic carbocycles. The molecular formula is C25H31ClN2O4. The second-order valence-corrected chi connectivity index (χ2v) is 8.09. The molecule has 0 unspecified atom stereocenters. The summed E-state index contributed by atoms with van der Waals surface area (Å²) in [6.07, 6.45) is 5.94. The van der Waals surface area contributed by atoms with E-state index in [1.807, 2.05) is 25.1 Å². The number of nitrogens with one attached hydrogen (secondary N) is 1. The van der Waals surface area contributed by atoms with Crippen molar-refractivity contribution in [1.82, 2.24) is 5.32 Å². The molecule has 6 nitrogen and oxygen atoms in total. The van der Waals surface area contributed by atoms with E-state index < -0.39 is 0 Å². The molecule has 7 heteroatoms. The topological polar surface area (TPSA) is 60.0 Å². The smallest absolute Gasteiger partial charge is 0.244 e. The number of amides is 1. The lowest BCUT2D eigenvalue weighted by Gasteiger charge is -2.33. The van der Waals surface area contributed by atoms with Gasteiger partial charge in [0.2, 0.25) is 5.91 Å². The maximum atomic E-state index is 12.4. The maximum absolute atomic E-state index is 12.4. The average molecular weight is 459 g/mol. The molecule has 1 aliphatic rings. The normalized spacial score (nSPS) is 14.4. The van der Waals surface area contributed by atoms with Crippen molar-refractivity contribution >= 4 is 29.3 Å². The molecule has 1 fully saturated rings. The Bertz CT molecular complexity index is 922. The molecule has 1 aliphatic heterocycles. The molecule has 1 N–H and O–H groups in total. The molecule has 0 radical (unpaired) electrons. The van der Waals surface area contributed by atoms with E-state index in [4.69, 9.17) is 25.8 Å². The van der Waals surface area contributed by atoms with Crippen molar-refractivity contribution in [3.8, 4) is 17.2 Å². The molecule has 2 aromatic rings. The Hall–Kier alpha value is -2.86. The zero-order chi connectivity index (χ0) is 22.9. The van der Waals surface area contributed by atoms with E-state index in [2.05, 4.69) is 22.3 Å². The summed E-state index contributed by atoms with van der Waals surface area (Å²) in [5.74, 6) is 1.82. The predicted octanol–water partition coefficient (Wildman–Crippen LogP) is 4.94. The van der Waals surface area contributed by atoms with Crippen LogP contribution in [0.4, 0.5) is 5.69 Å². The molecule has 32 heavy (non-hydrogen) atoms. The second-order valence-electron chi connectivity index (χ2n) is 7.68. The highest BCUT2D eigenvalue weighted by Gasteiger charge is 2.20. The van der Waals surface area contributed by atoms with Crippen molar-refractivity contribution in [1.29, 1.82) is 0 Å². The van der Waals surface area contributed by atoms with Crippen LogP contribution in [0, 0.1) is 0 Å². The number of carbonyl (C=O) groups is 1. The average Bonchev–Trinajstić information content (AvgIpc) is 2.82. The molecule has 0 atom stereocenters. The first kappa shape index (κ1) is 23.8. The zero-order valence-electron chi connectivity index (χ0n) is 18.9.